The zero-order valence-corrected chi connectivity index (χ0v) is 9.76. The number of alkyl halides is 3. The second-order valence-electron chi connectivity index (χ2n) is 3.18. The van der Waals surface area contributed by atoms with Crippen molar-refractivity contribution in [3.63, 3.8) is 0 Å². The SMILES string of the molecule is COc1cc([C@H](O)C(F)(F)F)cc(Cl)c1OC. The number of hydrogen-bond donors (Lipinski definition) is 1. The van der Waals surface area contributed by atoms with Gasteiger partial charge in [0.25, 0.3) is 0 Å². The van der Waals surface area contributed by atoms with Crippen molar-refractivity contribution in [2.45, 2.75) is 12.3 Å². The van der Waals surface area contributed by atoms with Gasteiger partial charge in [-0.05, 0) is 17.7 Å². The molecule has 1 aromatic rings. The third kappa shape index (κ3) is 2.95. The molecule has 0 aliphatic heterocycles. The topological polar surface area (TPSA) is 38.7 Å². The fraction of sp³-hybridized carbons (Fsp3) is 0.400. The Morgan fingerprint density at radius 2 is 1.82 bits per heavy atom. The maximum Gasteiger partial charge on any atom is 0.418 e. The molecule has 0 fully saturated rings. The van der Waals surface area contributed by atoms with Crippen LogP contribution in [0.3, 0.4) is 0 Å². The Balaban J connectivity index is 3.25. The molecule has 1 N–H and O–H groups in total. The molecule has 1 rings (SSSR count). The molecule has 96 valence electrons. The lowest BCUT2D eigenvalue weighted by Crippen LogP contribution is -2.20. The number of benzene rings is 1. The molecule has 0 heterocycles. The van der Waals surface area contributed by atoms with Crippen LogP contribution in [-0.4, -0.2) is 25.5 Å². The highest BCUT2D eigenvalue weighted by molar-refractivity contribution is 6.32. The Morgan fingerprint density at radius 1 is 1.24 bits per heavy atom. The van der Waals surface area contributed by atoms with E-state index < -0.39 is 17.8 Å². The third-order valence-electron chi connectivity index (χ3n) is 2.08. The molecule has 3 nitrogen and oxygen atoms in total. The van der Waals surface area contributed by atoms with Crippen LogP contribution in [0.25, 0.3) is 0 Å². The summed E-state index contributed by atoms with van der Waals surface area (Å²) in [5.41, 5.74) is -0.403. The first kappa shape index (κ1) is 13.9. The number of methoxy groups -OCH3 is 2. The second-order valence-corrected chi connectivity index (χ2v) is 3.59. The highest BCUT2D eigenvalue weighted by Crippen LogP contribution is 2.41. The van der Waals surface area contributed by atoms with Crippen LogP contribution >= 0.6 is 11.6 Å². The highest BCUT2D eigenvalue weighted by atomic mass is 35.5. The smallest absolute Gasteiger partial charge is 0.418 e. The van der Waals surface area contributed by atoms with Crippen LogP contribution in [0.5, 0.6) is 11.5 Å². The first-order valence-electron chi connectivity index (χ1n) is 4.47. The van der Waals surface area contributed by atoms with Gasteiger partial charge < -0.3 is 14.6 Å². The van der Waals surface area contributed by atoms with Crippen LogP contribution in [0.1, 0.15) is 11.7 Å². The van der Waals surface area contributed by atoms with Crippen molar-refractivity contribution in [1.82, 2.24) is 0 Å². The van der Waals surface area contributed by atoms with E-state index in [-0.39, 0.29) is 16.5 Å². The van der Waals surface area contributed by atoms with Gasteiger partial charge in [-0.2, -0.15) is 13.2 Å². The van der Waals surface area contributed by atoms with Crippen LogP contribution < -0.4 is 9.47 Å². The summed E-state index contributed by atoms with van der Waals surface area (Å²) in [7, 11) is 2.57. The van der Waals surface area contributed by atoms with Gasteiger partial charge in [-0.15, -0.1) is 0 Å². The van der Waals surface area contributed by atoms with Crippen molar-refractivity contribution in [3.05, 3.63) is 22.7 Å². The summed E-state index contributed by atoms with van der Waals surface area (Å²) in [4.78, 5) is 0. The molecule has 1 aromatic carbocycles. The summed E-state index contributed by atoms with van der Waals surface area (Å²) >= 11 is 5.72. The first-order valence-corrected chi connectivity index (χ1v) is 4.85. The number of halogens is 4. The van der Waals surface area contributed by atoms with E-state index >= 15 is 0 Å². The molecule has 0 saturated carbocycles. The molecule has 0 bridgehead atoms. The van der Waals surface area contributed by atoms with Crippen LogP contribution in [0.15, 0.2) is 12.1 Å². The van der Waals surface area contributed by atoms with Crippen LogP contribution in [0, 0.1) is 0 Å². The van der Waals surface area contributed by atoms with Gasteiger partial charge in [0, 0.05) is 0 Å². The third-order valence-corrected chi connectivity index (χ3v) is 2.36. The lowest BCUT2D eigenvalue weighted by atomic mass is 10.1. The van der Waals surface area contributed by atoms with Gasteiger partial charge in [0.1, 0.15) is 0 Å². The highest BCUT2D eigenvalue weighted by Gasteiger charge is 2.40. The molecule has 0 aliphatic rings. The van der Waals surface area contributed by atoms with Gasteiger partial charge in [0.05, 0.1) is 19.2 Å². The van der Waals surface area contributed by atoms with E-state index in [0.29, 0.717) is 0 Å². The monoisotopic (exact) mass is 270 g/mol. The average Bonchev–Trinajstić information content (AvgIpc) is 2.25. The second kappa shape index (κ2) is 5.01. The minimum atomic E-state index is -4.76. The summed E-state index contributed by atoms with van der Waals surface area (Å²) in [6, 6.07) is 2.02. The molecule has 0 radical (unpaired) electrons. The lowest BCUT2D eigenvalue weighted by Gasteiger charge is -2.17. The fourth-order valence-corrected chi connectivity index (χ4v) is 1.58. The summed E-state index contributed by atoms with van der Waals surface area (Å²) in [6.45, 7) is 0. The molecule has 0 unspecified atom stereocenters. The van der Waals surface area contributed by atoms with E-state index in [1.807, 2.05) is 0 Å². The zero-order valence-electron chi connectivity index (χ0n) is 9.01. The van der Waals surface area contributed by atoms with Gasteiger partial charge in [-0.25, -0.2) is 0 Å². The van der Waals surface area contributed by atoms with E-state index in [2.05, 4.69) is 0 Å². The fourth-order valence-electron chi connectivity index (χ4n) is 1.28. The van der Waals surface area contributed by atoms with Gasteiger partial charge in [0.15, 0.2) is 17.6 Å². The van der Waals surface area contributed by atoms with Crippen molar-refractivity contribution in [3.8, 4) is 11.5 Å². The molecular formula is C10H10ClF3O3. The van der Waals surface area contributed by atoms with E-state index in [9.17, 15) is 13.2 Å². The Bertz CT molecular complexity index is 407. The van der Waals surface area contributed by atoms with Gasteiger partial charge in [-0.1, -0.05) is 11.6 Å². The van der Waals surface area contributed by atoms with E-state index in [1.165, 1.54) is 14.2 Å². The molecular weight excluding hydrogens is 261 g/mol. The predicted molar refractivity (Wildman–Crippen MR) is 55.6 cm³/mol. The number of aliphatic hydroxyl groups excluding tert-OH is 1. The molecule has 17 heavy (non-hydrogen) atoms. The lowest BCUT2D eigenvalue weighted by molar-refractivity contribution is -0.206. The van der Waals surface area contributed by atoms with Crippen LogP contribution in [0.2, 0.25) is 5.02 Å². The van der Waals surface area contributed by atoms with Gasteiger partial charge in [0.2, 0.25) is 0 Å². The van der Waals surface area contributed by atoms with Crippen molar-refractivity contribution >= 4 is 11.6 Å². The minimum absolute atomic E-state index is 0.0262. The molecule has 7 heteroatoms. The van der Waals surface area contributed by atoms with Crippen molar-refractivity contribution in [2.24, 2.45) is 0 Å². The summed E-state index contributed by atoms with van der Waals surface area (Å²) in [5, 5.41) is 9.02. The van der Waals surface area contributed by atoms with E-state index in [0.717, 1.165) is 12.1 Å². The maximum atomic E-state index is 12.3. The van der Waals surface area contributed by atoms with Gasteiger partial charge >= 0.3 is 6.18 Å². The molecule has 0 amide bonds. The summed E-state index contributed by atoms with van der Waals surface area (Å²) in [5.74, 6) is 0.144. The summed E-state index contributed by atoms with van der Waals surface area (Å²) in [6.07, 6.45) is -7.37. The van der Waals surface area contributed by atoms with E-state index in [4.69, 9.17) is 26.2 Å². The van der Waals surface area contributed by atoms with Crippen LogP contribution in [0.4, 0.5) is 13.2 Å². The number of ether oxygens (including phenoxy) is 2. The average molecular weight is 271 g/mol. The quantitative estimate of drug-likeness (QED) is 0.918. The number of hydrogen-bond acceptors (Lipinski definition) is 3. The normalized spacial score (nSPS) is 13.4. The largest absolute Gasteiger partial charge is 0.493 e. The molecule has 0 aromatic heterocycles. The molecule has 1 atom stereocenters. The Hall–Kier alpha value is -1.14. The molecule has 0 spiro atoms. The standard InChI is InChI=1S/C10H10ClF3O3/c1-16-7-4-5(9(15)10(12,13)14)3-6(11)8(7)17-2/h3-4,9,15H,1-2H3/t9-/m0/s1. The number of rotatable bonds is 3. The predicted octanol–water partition coefficient (Wildman–Crippen LogP) is 2.95. The van der Waals surface area contributed by atoms with Crippen molar-refractivity contribution in [2.75, 3.05) is 14.2 Å². The molecule has 0 aliphatic carbocycles. The van der Waals surface area contributed by atoms with Gasteiger partial charge in [-0.3, -0.25) is 0 Å². The first-order chi connectivity index (χ1) is 7.81. The Morgan fingerprint density at radius 3 is 2.24 bits per heavy atom. The van der Waals surface area contributed by atoms with E-state index in [1.54, 1.807) is 0 Å². The van der Waals surface area contributed by atoms with Crippen LogP contribution in [-0.2, 0) is 0 Å². The Labute approximate surface area is 101 Å². The summed E-state index contributed by atoms with van der Waals surface area (Å²) < 4.78 is 46.7. The number of aliphatic hydroxyl groups is 1. The van der Waals surface area contributed by atoms with Crippen molar-refractivity contribution in [1.29, 1.82) is 0 Å². The Kier molecular flexibility index (Phi) is 4.11. The van der Waals surface area contributed by atoms with Crippen molar-refractivity contribution < 1.29 is 27.8 Å². The molecule has 0 saturated heterocycles. The maximum absolute atomic E-state index is 12.3. The minimum Gasteiger partial charge on any atom is -0.493 e. The zero-order chi connectivity index (χ0) is 13.2.